The van der Waals surface area contributed by atoms with Crippen LogP contribution in [0.15, 0.2) is 11.5 Å². The number of hydrogen-bond acceptors (Lipinski definition) is 1. The van der Waals surface area contributed by atoms with Crippen LogP contribution in [0.2, 0.25) is 0 Å². The summed E-state index contributed by atoms with van der Waals surface area (Å²) in [6.07, 6.45) is -27.6. The van der Waals surface area contributed by atoms with E-state index in [-0.39, 0.29) is 0 Å². The van der Waals surface area contributed by atoms with Crippen molar-refractivity contribution in [2.45, 2.75) is 25.0 Å². The first-order valence-corrected chi connectivity index (χ1v) is 3.88. The number of alkyl halides is 12. The van der Waals surface area contributed by atoms with Crippen LogP contribution >= 0.6 is 0 Å². The molecular weight excluding hydrogens is 333 g/mol. The van der Waals surface area contributed by atoms with Crippen LogP contribution in [-0.4, -0.2) is 29.9 Å². The second-order valence-corrected chi connectivity index (χ2v) is 2.93. The van der Waals surface area contributed by atoms with Crippen molar-refractivity contribution in [1.29, 1.82) is 0 Å². The minimum Gasteiger partial charge on any atom is -0.199 e. The molecule has 14 heteroatoms. The van der Waals surface area contributed by atoms with Crippen molar-refractivity contribution < 1.29 is 57.1 Å². The summed E-state index contributed by atoms with van der Waals surface area (Å²) in [5.41, 5.74) is -4.55. The topological polar surface area (TPSA) is 3.24 Å². The SMILES string of the molecule is F/C(=C(/N(C(F)(F)F)C(F)(F)F)C(F)(F)F)C(F)(F)F. The van der Waals surface area contributed by atoms with Crippen LogP contribution < -0.4 is 0 Å². The standard InChI is InChI=1S/C6F13N/c7-1(3(8,9)10)2(4(11,12)13)20(5(14,15)16)6(17,18)19/b2-1+. The Morgan fingerprint density at radius 3 is 1.00 bits per heavy atom. The fourth-order valence-electron chi connectivity index (χ4n) is 0.881. The lowest BCUT2D eigenvalue weighted by Crippen LogP contribution is -2.51. The molecule has 0 aliphatic carbocycles. The minimum absolute atomic E-state index is 3.59. The third-order valence-electron chi connectivity index (χ3n) is 1.46. The molecule has 0 unspecified atom stereocenters. The maximum atomic E-state index is 12.4. The summed E-state index contributed by atoms with van der Waals surface area (Å²) in [5.74, 6) is -4.57. The van der Waals surface area contributed by atoms with E-state index in [1.165, 1.54) is 0 Å². The molecule has 0 atom stereocenters. The van der Waals surface area contributed by atoms with Gasteiger partial charge in [-0.15, -0.1) is 26.3 Å². The van der Waals surface area contributed by atoms with Gasteiger partial charge in [0.2, 0.25) is 5.83 Å². The Morgan fingerprint density at radius 2 is 0.850 bits per heavy atom. The monoisotopic (exact) mass is 333 g/mol. The molecule has 0 fully saturated rings. The summed E-state index contributed by atoms with van der Waals surface area (Å²) < 4.78 is 155. The molecule has 1 nitrogen and oxygen atoms in total. The van der Waals surface area contributed by atoms with E-state index in [9.17, 15) is 57.1 Å². The van der Waals surface area contributed by atoms with E-state index in [4.69, 9.17) is 0 Å². The molecule has 0 aliphatic rings. The molecule has 0 amide bonds. The first kappa shape index (κ1) is 18.6. The third-order valence-corrected chi connectivity index (χ3v) is 1.46. The number of allylic oxidation sites excluding steroid dienone is 2. The minimum atomic E-state index is -6.98. The highest BCUT2D eigenvalue weighted by atomic mass is 19.4. The third kappa shape index (κ3) is 4.33. The second kappa shape index (κ2) is 4.87. The molecule has 0 aromatic rings. The molecule has 0 saturated heterocycles. The largest absolute Gasteiger partial charge is 0.491 e. The number of rotatable bonds is 1. The molecule has 0 aromatic carbocycles. The highest BCUT2D eigenvalue weighted by Crippen LogP contribution is 2.47. The predicted molar refractivity (Wildman–Crippen MR) is 34.2 cm³/mol. The number of hydrogen-bond donors (Lipinski definition) is 0. The average Bonchev–Trinajstić information content (AvgIpc) is 2.04. The van der Waals surface area contributed by atoms with Crippen LogP contribution in [0.1, 0.15) is 0 Å². The van der Waals surface area contributed by atoms with Crippen LogP contribution in [0.3, 0.4) is 0 Å². The van der Waals surface area contributed by atoms with Crippen molar-refractivity contribution in [1.82, 2.24) is 4.90 Å². The number of nitrogens with zero attached hydrogens (tertiary/aromatic N) is 1. The molecule has 120 valence electrons. The Kier molecular flexibility index (Phi) is 4.54. The first-order valence-electron chi connectivity index (χ1n) is 3.88. The van der Waals surface area contributed by atoms with Crippen LogP contribution in [-0.2, 0) is 0 Å². The molecular formula is C6F13N. The maximum absolute atomic E-state index is 12.4. The fraction of sp³-hybridized carbons (Fsp3) is 0.667. The molecule has 0 aliphatic heterocycles. The molecule has 0 aromatic heterocycles. The van der Waals surface area contributed by atoms with Gasteiger partial charge in [-0.2, -0.15) is 35.6 Å². The fourth-order valence-corrected chi connectivity index (χ4v) is 0.881. The van der Waals surface area contributed by atoms with E-state index in [0.29, 0.717) is 0 Å². The number of halogens is 13. The van der Waals surface area contributed by atoms with E-state index in [0.717, 1.165) is 0 Å². The molecule has 0 spiro atoms. The highest BCUT2D eigenvalue weighted by molar-refractivity contribution is 5.18. The van der Waals surface area contributed by atoms with Crippen molar-refractivity contribution in [3.05, 3.63) is 11.5 Å². The van der Waals surface area contributed by atoms with Crippen molar-refractivity contribution in [3.63, 3.8) is 0 Å². The normalized spacial score (nSPS) is 16.1. The summed E-state index contributed by atoms with van der Waals surface area (Å²) in [7, 11) is 0. The van der Waals surface area contributed by atoms with Gasteiger partial charge in [0.1, 0.15) is 0 Å². The molecule has 20 heavy (non-hydrogen) atoms. The van der Waals surface area contributed by atoms with Crippen molar-refractivity contribution >= 4 is 0 Å². The van der Waals surface area contributed by atoms with Crippen LogP contribution in [0.25, 0.3) is 0 Å². The summed E-state index contributed by atoms with van der Waals surface area (Å²) in [5, 5.41) is 0. The summed E-state index contributed by atoms with van der Waals surface area (Å²) in [6, 6.07) is 0. The molecule has 0 bridgehead atoms. The predicted octanol–water partition coefficient (Wildman–Crippen LogP) is 4.63. The van der Waals surface area contributed by atoms with E-state index < -0.39 is 41.4 Å². The zero-order valence-corrected chi connectivity index (χ0v) is 8.36. The Bertz CT molecular complexity index is 362. The second-order valence-electron chi connectivity index (χ2n) is 2.93. The zero-order valence-electron chi connectivity index (χ0n) is 8.36. The first-order chi connectivity index (χ1) is 8.40. The Balaban J connectivity index is 6.42. The molecule has 0 saturated carbocycles. The van der Waals surface area contributed by atoms with Gasteiger partial charge in [-0.05, 0) is 0 Å². The van der Waals surface area contributed by atoms with Gasteiger partial charge in [-0.3, -0.25) is 0 Å². The van der Waals surface area contributed by atoms with E-state index in [1.54, 1.807) is 0 Å². The van der Waals surface area contributed by atoms with Gasteiger partial charge in [-0.1, -0.05) is 0 Å². The lowest BCUT2D eigenvalue weighted by Gasteiger charge is -2.31. The average molecular weight is 333 g/mol. The van der Waals surface area contributed by atoms with Crippen molar-refractivity contribution in [3.8, 4) is 0 Å². The summed E-state index contributed by atoms with van der Waals surface area (Å²) in [6.45, 7) is 0. The quantitative estimate of drug-likeness (QED) is 0.499. The van der Waals surface area contributed by atoms with E-state index in [2.05, 4.69) is 0 Å². The van der Waals surface area contributed by atoms with Gasteiger partial charge in [-0.25, -0.2) is 0 Å². The maximum Gasteiger partial charge on any atom is 0.491 e. The van der Waals surface area contributed by atoms with Crippen LogP contribution in [0.5, 0.6) is 0 Å². The van der Waals surface area contributed by atoms with Gasteiger partial charge in [0.05, 0.1) is 0 Å². The Morgan fingerprint density at radius 1 is 0.550 bits per heavy atom. The summed E-state index contributed by atoms with van der Waals surface area (Å²) in [4.78, 5) is -3.59. The molecule has 0 heterocycles. The van der Waals surface area contributed by atoms with Gasteiger partial charge in [0, 0.05) is 0 Å². The van der Waals surface area contributed by atoms with Gasteiger partial charge in [0.15, 0.2) is 5.70 Å². The Hall–Kier alpha value is -1.37. The van der Waals surface area contributed by atoms with Gasteiger partial charge >= 0.3 is 25.0 Å². The highest BCUT2D eigenvalue weighted by Gasteiger charge is 2.63. The lowest BCUT2D eigenvalue weighted by molar-refractivity contribution is -0.372. The van der Waals surface area contributed by atoms with E-state index in [1.807, 2.05) is 0 Å². The van der Waals surface area contributed by atoms with Gasteiger partial charge in [0.25, 0.3) is 0 Å². The Labute approximate surface area is 99.8 Å². The molecule has 0 rings (SSSR count). The summed E-state index contributed by atoms with van der Waals surface area (Å²) >= 11 is 0. The molecule has 0 N–H and O–H groups in total. The van der Waals surface area contributed by atoms with Crippen LogP contribution in [0.4, 0.5) is 57.1 Å². The lowest BCUT2D eigenvalue weighted by atomic mass is 10.3. The van der Waals surface area contributed by atoms with Gasteiger partial charge < -0.3 is 0 Å². The van der Waals surface area contributed by atoms with Crippen LogP contribution in [0, 0.1) is 0 Å². The smallest absolute Gasteiger partial charge is 0.199 e. The van der Waals surface area contributed by atoms with Crippen molar-refractivity contribution in [2.75, 3.05) is 0 Å². The van der Waals surface area contributed by atoms with E-state index >= 15 is 0 Å². The van der Waals surface area contributed by atoms with Crippen molar-refractivity contribution in [2.24, 2.45) is 0 Å². The zero-order chi connectivity index (χ0) is 16.7. The molecule has 0 radical (unpaired) electrons.